The number of nitrogens with zero attached hydrogens (tertiary/aromatic N) is 2. The number of hydrogen-bond donors (Lipinski definition) is 3. The molecule has 0 bridgehead atoms. The number of non-ortho nitro benzene ring substituents is 1. The number of rotatable bonds is 4. The molecule has 10 nitrogen and oxygen atoms in total. The Bertz CT molecular complexity index is 932. The fraction of sp³-hybridized carbons (Fsp3) is 0.308. The number of nitro groups is 1. The van der Waals surface area contributed by atoms with Crippen LogP contribution >= 0.6 is 12.4 Å². The zero-order valence-corrected chi connectivity index (χ0v) is 13.8. The highest BCUT2D eigenvalue weighted by Crippen LogP contribution is 2.32. The summed E-state index contributed by atoms with van der Waals surface area (Å²) < 4.78 is 0. The van der Waals surface area contributed by atoms with Crippen LogP contribution in [0.25, 0.3) is 11.0 Å². The lowest BCUT2D eigenvalue weighted by atomic mass is 10.0. The first-order chi connectivity index (χ1) is 10.6. The first-order valence-corrected chi connectivity index (χ1v) is 6.47. The molecule has 0 atom stereocenters. The lowest BCUT2D eigenvalue weighted by molar-refractivity contribution is -0.384. The van der Waals surface area contributed by atoms with E-state index >= 15 is 0 Å². The van der Waals surface area contributed by atoms with Gasteiger partial charge in [0.05, 0.1) is 21.6 Å². The molecule has 3 N–H and O–H groups in total. The number of hydrogen-bond acceptors (Lipinski definition) is 6. The van der Waals surface area contributed by atoms with Crippen LogP contribution in [0.4, 0.5) is 11.4 Å². The number of aliphatic carboxylic acids is 1. The fourth-order valence-corrected chi connectivity index (χ4v) is 2.01. The summed E-state index contributed by atoms with van der Waals surface area (Å²) in [5.41, 5.74) is -3.39. The van der Waals surface area contributed by atoms with E-state index in [1.165, 1.54) is 25.8 Å². The van der Waals surface area contributed by atoms with Crippen molar-refractivity contribution in [2.45, 2.75) is 19.4 Å². The summed E-state index contributed by atoms with van der Waals surface area (Å²) in [6.45, 7) is 2.81. The maximum atomic E-state index is 11.5. The second kappa shape index (κ2) is 6.32. The average molecular weight is 359 g/mol. The molecule has 2 rings (SSSR count). The van der Waals surface area contributed by atoms with Crippen molar-refractivity contribution in [1.82, 2.24) is 9.97 Å². The number of H-pyrrole nitrogens is 2. The highest BCUT2D eigenvalue weighted by molar-refractivity contribution is 5.93. The Balaban J connectivity index is 0.00000288. The molecule has 0 fully saturated rings. The number of nitrogens with one attached hydrogen (secondary N) is 2. The number of carbonyl (C=O) groups is 1. The lowest BCUT2D eigenvalue weighted by Crippen LogP contribution is -2.48. The van der Waals surface area contributed by atoms with Gasteiger partial charge in [0.1, 0.15) is 5.54 Å². The van der Waals surface area contributed by atoms with Gasteiger partial charge in [0, 0.05) is 19.2 Å². The van der Waals surface area contributed by atoms with Crippen LogP contribution in [-0.2, 0) is 4.79 Å². The molecule has 0 spiro atoms. The van der Waals surface area contributed by atoms with Crippen LogP contribution in [0.1, 0.15) is 13.8 Å². The minimum absolute atomic E-state index is 0. The minimum atomic E-state index is -1.41. The summed E-state index contributed by atoms with van der Waals surface area (Å²) in [5, 5.41) is 20.4. The van der Waals surface area contributed by atoms with E-state index in [1.54, 1.807) is 0 Å². The largest absolute Gasteiger partial charge is 0.480 e. The molecule has 11 heteroatoms. The van der Waals surface area contributed by atoms with Crippen molar-refractivity contribution in [2.75, 3.05) is 11.9 Å². The van der Waals surface area contributed by atoms with Gasteiger partial charge < -0.3 is 20.0 Å². The number of anilines is 1. The molecule has 0 unspecified atom stereocenters. The molecule has 0 saturated heterocycles. The third-order valence-corrected chi connectivity index (χ3v) is 3.73. The summed E-state index contributed by atoms with van der Waals surface area (Å²) in [6.07, 6.45) is 0. The Hall–Kier alpha value is -2.88. The van der Waals surface area contributed by atoms with Gasteiger partial charge in [0.15, 0.2) is 0 Å². The van der Waals surface area contributed by atoms with E-state index in [2.05, 4.69) is 9.97 Å². The van der Waals surface area contributed by atoms with Gasteiger partial charge in [0.2, 0.25) is 0 Å². The standard InChI is InChI=1S/C13H14N4O6.ClH/c1-13(2,12(20)21)16(3)8-5-6(17(22)23)4-7-9(8)15-11(19)10(18)14-7;/h4-5H,1-3H3,(H,14,18)(H,15,19)(H,20,21);1H. The van der Waals surface area contributed by atoms with Crippen molar-refractivity contribution in [1.29, 1.82) is 0 Å². The summed E-state index contributed by atoms with van der Waals surface area (Å²) in [7, 11) is 1.43. The molecule has 0 saturated carbocycles. The molecule has 0 aliphatic carbocycles. The molecule has 2 aromatic rings. The van der Waals surface area contributed by atoms with E-state index in [4.69, 9.17) is 0 Å². The van der Waals surface area contributed by atoms with Gasteiger partial charge in [0.25, 0.3) is 5.69 Å². The number of aromatic amines is 2. The summed E-state index contributed by atoms with van der Waals surface area (Å²) in [5.74, 6) is -1.16. The van der Waals surface area contributed by atoms with Crippen LogP contribution < -0.4 is 16.0 Å². The van der Waals surface area contributed by atoms with E-state index in [0.717, 1.165) is 12.1 Å². The zero-order valence-electron chi connectivity index (χ0n) is 12.9. The highest BCUT2D eigenvalue weighted by Gasteiger charge is 2.34. The molecule has 24 heavy (non-hydrogen) atoms. The van der Waals surface area contributed by atoms with Crippen LogP contribution in [-0.4, -0.2) is 38.6 Å². The van der Waals surface area contributed by atoms with Crippen molar-refractivity contribution in [3.05, 3.63) is 43.0 Å². The maximum absolute atomic E-state index is 11.5. The minimum Gasteiger partial charge on any atom is -0.480 e. The first-order valence-electron chi connectivity index (χ1n) is 6.47. The second-order valence-electron chi connectivity index (χ2n) is 5.48. The van der Waals surface area contributed by atoms with Gasteiger partial charge in [-0.2, -0.15) is 0 Å². The van der Waals surface area contributed by atoms with Gasteiger partial charge in [-0.25, -0.2) is 4.79 Å². The SMILES string of the molecule is CN(c1cc([N+](=O)[O-])cc2[nH]c(=O)c(=O)[nH]c12)C(C)(C)C(=O)O.Cl. The van der Waals surface area contributed by atoms with Gasteiger partial charge in [-0.15, -0.1) is 12.4 Å². The quantitative estimate of drug-likeness (QED) is 0.416. The van der Waals surface area contributed by atoms with E-state index in [0.29, 0.717) is 0 Å². The van der Waals surface area contributed by atoms with E-state index in [1.807, 2.05) is 0 Å². The second-order valence-corrected chi connectivity index (χ2v) is 5.48. The highest BCUT2D eigenvalue weighted by atomic mass is 35.5. The number of likely N-dealkylation sites (N-methyl/N-ethyl adjacent to an activating group) is 1. The van der Waals surface area contributed by atoms with E-state index in [9.17, 15) is 29.6 Å². The third kappa shape index (κ3) is 3.08. The number of nitro benzene ring substituents is 1. The first kappa shape index (κ1) is 19.2. The van der Waals surface area contributed by atoms with Gasteiger partial charge >= 0.3 is 17.1 Å². The number of fused-ring (bicyclic) bond motifs is 1. The molecule has 0 aliphatic rings. The van der Waals surface area contributed by atoms with Crippen molar-refractivity contribution < 1.29 is 14.8 Å². The van der Waals surface area contributed by atoms with Crippen LogP contribution in [0, 0.1) is 10.1 Å². The van der Waals surface area contributed by atoms with Crippen molar-refractivity contribution in [2.24, 2.45) is 0 Å². The number of carboxylic acids is 1. The number of benzene rings is 1. The maximum Gasteiger partial charge on any atom is 0.328 e. The Labute approximate surface area is 140 Å². The number of halogens is 1. The van der Waals surface area contributed by atoms with Crippen molar-refractivity contribution >= 4 is 40.8 Å². The molecule has 0 amide bonds. The number of aromatic nitrogens is 2. The average Bonchev–Trinajstić information content (AvgIpc) is 2.46. The number of carboxylic acid groups (broad SMARTS) is 1. The van der Waals surface area contributed by atoms with Crippen molar-refractivity contribution in [3.8, 4) is 0 Å². The normalized spacial score (nSPS) is 11.0. The lowest BCUT2D eigenvalue weighted by Gasteiger charge is -2.33. The predicted molar refractivity (Wildman–Crippen MR) is 89.2 cm³/mol. The smallest absolute Gasteiger partial charge is 0.328 e. The summed E-state index contributed by atoms with van der Waals surface area (Å²) >= 11 is 0. The van der Waals surface area contributed by atoms with Crippen LogP contribution in [0.15, 0.2) is 21.7 Å². The van der Waals surface area contributed by atoms with Crippen LogP contribution in [0.5, 0.6) is 0 Å². The Morgan fingerprint density at radius 2 is 1.79 bits per heavy atom. The Kier molecular flexibility index (Phi) is 5.05. The molecular formula is C13H15ClN4O6. The van der Waals surface area contributed by atoms with Crippen LogP contribution in [0.2, 0.25) is 0 Å². The Morgan fingerprint density at radius 1 is 1.25 bits per heavy atom. The van der Waals surface area contributed by atoms with E-state index in [-0.39, 0.29) is 34.8 Å². The molecule has 0 aliphatic heterocycles. The monoisotopic (exact) mass is 358 g/mol. The molecule has 1 heterocycles. The molecule has 130 valence electrons. The molecular weight excluding hydrogens is 344 g/mol. The molecule has 1 aromatic carbocycles. The van der Waals surface area contributed by atoms with Gasteiger partial charge in [-0.05, 0) is 13.8 Å². The van der Waals surface area contributed by atoms with Gasteiger partial charge in [-0.3, -0.25) is 19.7 Å². The Morgan fingerprint density at radius 3 is 2.29 bits per heavy atom. The summed E-state index contributed by atoms with van der Waals surface area (Å²) in [4.78, 5) is 50.6. The van der Waals surface area contributed by atoms with E-state index < -0.39 is 27.6 Å². The molecule has 1 aromatic heterocycles. The summed E-state index contributed by atoms with van der Waals surface area (Å²) in [6, 6.07) is 2.24. The van der Waals surface area contributed by atoms with Crippen LogP contribution in [0.3, 0.4) is 0 Å². The predicted octanol–water partition coefficient (Wildman–Crippen LogP) is 0.846. The van der Waals surface area contributed by atoms with Gasteiger partial charge in [-0.1, -0.05) is 0 Å². The zero-order chi connectivity index (χ0) is 17.5. The van der Waals surface area contributed by atoms with Crippen molar-refractivity contribution in [3.63, 3.8) is 0 Å². The molecule has 0 radical (unpaired) electrons. The fourth-order valence-electron chi connectivity index (χ4n) is 2.01. The third-order valence-electron chi connectivity index (χ3n) is 3.73. The topological polar surface area (TPSA) is 149 Å².